The highest BCUT2D eigenvalue weighted by atomic mass is 16.3. The zero-order valence-corrected chi connectivity index (χ0v) is 7.20. The Balaban J connectivity index is 3.58. The zero-order valence-electron chi connectivity index (χ0n) is 7.20. The monoisotopic (exact) mass is 162 g/mol. The fraction of sp³-hybridized carbons (Fsp3) is 1.00. The predicted octanol–water partition coefficient (Wildman–Crippen LogP) is 0.279. The zero-order chi connectivity index (χ0) is 8.85. The lowest BCUT2D eigenvalue weighted by atomic mass is 10.0. The molecule has 11 heavy (non-hydrogen) atoms. The summed E-state index contributed by atoms with van der Waals surface area (Å²) in [6.45, 7) is 3.64. The van der Waals surface area contributed by atoms with Crippen LogP contribution in [-0.2, 0) is 0 Å². The van der Waals surface area contributed by atoms with Gasteiger partial charge >= 0.3 is 0 Å². The Hall–Kier alpha value is -0.120. The van der Waals surface area contributed by atoms with Crippen LogP contribution in [0.25, 0.3) is 0 Å². The molecule has 3 nitrogen and oxygen atoms in total. The Morgan fingerprint density at radius 2 is 1.45 bits per heavy atom. The molecule has 0 rings (SSSR count). The van der Waals surface area contributed by atoms with Gasteiger partial charge in [0.25, 0.3) is 0 Å². The van der Waals surface area contributed by atoms with Gasteiger partial charge in [-0.15, -0.1) is 0 Å². The maximum Gasteiger partial charge on any atom is 0.0823 e. The van der Waals surface area contributed by atoms with Crippen molar-refractivity contribution in [2.24, 2.45) is 0 Å². The second-order valence-electron chi connectivity index (χ2n) is 2.84. The van der Waals surface area contributed by atoms with Gasteiger partial charge in [-0.05, 0) is 12.8 Å². The Kier molecular flexibility index (Phi) is 5.46. The standard InChI is InChI=1S/C8H18O3/c1-3-6(9)5-8(11)7(10)4-2/h6-11H,3-5H2,1-2H3. The minimum absolute atomic E-state index is 0.269. The van der Waals surface area contributed by atoms with E-state index in [2.05, 4.69) is 0 Å². The highest BCUT2D eigenvalue weighted by Crippen LogP contribution is 2.07. The Bertz CT molecular complexity index is 95.3. The van der Waals surface area contributed by atoms with Gasteiger partial charge in [0.05, 0.1) is 18.3 Å². The Morgan fingerprint density at radius 1 is 0.909 bits per heavy atom. The molecule has 3 heteroatoms. The van der Waals surface area contributed by atoms with Gasteiger partial charge < -0.3 is 15.3 Å². The van der Waals surface area contributed by atoms with Crippen LogP contribution in [0.4, 0.5) is 0 Å². The molecular formula is C8H18O3. The van der Waals surface area contributed by atoms with Gasteiger partial charge in [-0.1, -0.05) is 13.8 Å². The first-order valence-electron chi connectivity index (χ1n) is 4.16. The molecule has 0 aromatic rings. The Morgan fingerprint density at radius 3 is 1.82 bits per heavy atom. The molecule has 0 aromatic carbocycles. The van der Waals surface area contributed by atoms with E-state index in [0.717, 1.165) is 0 Å². The van der Waals surface area contributed by atoms with Gasteiger partial charge in [0.15, 0.2) is 0 Å². The maximum atomic E-state index is 9.21. The second kappa shape index (κ2) is 5.52. The van der Waals surface area contributed by atoms with E-state index in [-0.39, 0.29) is 6.42 Å². The second-order valence-corrected chi connectivity index (χ2v) is 2.84. The van der Waals surface area contributed by atoms with Crippen molar-refractivity contribution < 1.29 is 15.3 Å². The van der Waals surface area contributed by atoms with Crippen LogP contribution in [0, 0.1) is 0 Å². The lowest BCUT2D eigenvalue weighted by Crippen LogP contribution is -2.29. The van der Waals surface area contributed by atoms with Crippen LogP contribution in [-0.4, -0.2) is 33.6 Å². The number of aliphatic hydroxyl groups is 3. The molecule has 0 heterocycles. The molecule has 0 bridgehead atoms. The van der Waals surface area contributed by atoms with Crippen LogP contribution >= 0.6 is 0 Å². The van der Waals surface area contributed by atoms with E-state index in [0.29, 0.717) is 12.8 Å². The SMILES string of the molecule is CCC(O)CC(O)C(O)CC. The molecule has 68 valence electrons. The first-order chi connectivity index (χ1) is 5.11. The summed E-state index contributed by atoms with van der Waals surface area (Å²) >= 11 is 0. The summed E-state index contributed by atoms with van der Waals surface area (Å²) < 4.78 is 0. The third kappa shape index (κ3) is 4.35. The number of rotatable bonds is 5. The smallest absolute Gasteiger partial charge is 0.0823 e. The molecule has 0 aliphatic heterocycles. The van der Waals surface area contributed by atoms with Crippen LogP contribution in [0.3, 0.4) is 0 Å². The predicted molar refractivity (Wildman–Crippen MR) is 43.2 cm³/mol. The molecule has 0 saturated carbocycles. The van der Waals surface area contributed by atoms with Crippen molar-refractivity contribution in [2.75, 3.05) is 0 Å². The molecule has 0 aliphatic rings. The molecule has 0 aromatic heterocycles. The van der Waals surface area contributed by atoms with E-state index in [1.807, 2.05) is 6.92 Å². The van der Waals surface area contributed by atoms with Crippen molar-refractivity contribution in [3.63, 3.8) is 0 Å². The largest absolute Gasteiger partial charge is 0.393 e. The van der Waals surface area contributed by atoms with Crippen LogP contribution < -0.4 is 0 Å². The van der Waals surface area contributed by atoms with Crippen molar-refractivity contribution in [3.8, 4) is 0 Å². The van der Waals surface area contributed by atoms with Gasteiger partial charge in [0.2, 0.25) is 0 Å². The van der Waals surface area contributed by atoms with Crippen LogP contribution in [0.15, 0.2) is 0 Å². The van der Waals surface area contributed by atoms with E-state index in [1.54, 1.807) is 6.92 Å². The van der Waals surface area contributed by atoms with E-state index < -0.39 is 18.3 Å². The summed E-state index contributed by atoms with van der Waals surface area (Å²) in [6.07, 6.45) is -0.561. The van der Waals surface area contributed by atoms with Crippen LogP contribution in [0.1, 0.15) is 33.1 Å². The molecular weight excluding hydrogens is 144 g/mol. The lowest BCUT2D eigenvalue weighted by molar-refractivity contribution is -0.0138. The Labute approximate surface area is 67.7 Å². The lowest BCUT2D eigenvalue weighted by Gasteiger charge is -2.18. The van der Waals surface area contributed by atoms with Crippen molar-refractivity contribution in [3.05, 3.63) is 0 Å². The normalized spacial score (nSPS) is 19.4. The summed E-state index contributed by atoms with van der Waals surface area (Å²) in [5.74, 6) is 0. The number of hydrogen-bond acceptors (Lipinski definition) is 3. The third-order valence-corrected chi connectivity index (χ3v) is 1.85. The number of hydrogen-bond donors (Lipinski definition) is 3. The van der Waals surface area contributed by atoms with Gasteiger partial charge in [-0.25, -0.2) is 0 Å². The van der Waals surface area contributed by atoms with Crippen LogP contribution in [0.5, 0.6) is 0 Å². The quantitative estimate of drug-likeness (QED) is 0.544. The molecule has 3 unspecified atom stereocenters. The molecule has 0 radical (unpaired) electrons. The highest BCUT2D eigenvalue weighted by molar-refractivity contribution is 4.68. The van der Waals surface area contributed by atoms with Crippen LogP contribution in [0.2, 0.25) is 0 Å². The first-order valence-corrected chi connectivity index (χ1v) is 4.16. The number of aliphatic hydroxyl groups excluding tert-OH is 3. The summed E-state index contributed by atoms with van der Waals surface area (Å²) in [4.78, 5) is 0. The average Bonchev–Trinajstić information content (AvgIpc) is 2.02. The highest BCUT2D eigenvalue weighted by Gasteiger charge is 2.16. The molecule has 0 saturated heterocycles. The van der Waals surface area contributed by atoms with Gasteiger partial charge in [-0.2, -0.15) is 0 Å². The molecule has 0 amide bonds. The fourth-order valence-corrected chi connectivity index (χ4v) is 0.875. The molecule has 0 spiro atoms. The third-order valence-electron chi connectivity index (χ3n) is 1.85. The minimum atomic E-state index is -0.782. The fourth-order valence-electron chi connectivity index (χ4n) is 0.875. The first kappa shape index (κ1) is 10.9. The minimum Gasteiger partial charge on any atom is -0.393 e. The summed E-state index contributed by atoms with van der Waals surface area (Å²) in [6, 6.07) is 0. The maximum absolute atomic E-state index is 9.21. The molecule has 3 N–H and O–H groups in total. The van der Waals surface area contributed by atoms with E-state index >= 15 is 0 Å². The van der Waals surface area contributed by atoms with E-state index in [4.69, 9.17) is 10.2 Å². The molecule has 0 aliphatic carbocycles. The van der Waals surface area contributed by atoms with E-state index in [1.165, 1.54) is 0 Å². The topological polar surface area (TPSA) is 60.7 Å². The van der Waals surface area contributed by atoms with Crippen molar-refractivity contribution in [1.82, 2.24) is 0 Å². The van der Waals surface area contributed by atoms with Crippen molar-refractivity contribution >= 4 is 0 Å². The van der Waals surface area contributed by atoms with Gasteiger partial charge in [-0.3, -0.25) is 0 Å². The van der Waals surface area contributed by atoms with Crippen molar-refractivity contribution in [2.45, 2.75) is 51.4 Å². The summed E-state index contributed by atoms with van der Waals surface area (Å²) in [7, 11) is 0. The van der Waals surface area contributed by atoms with Crippen molar-refractivity contribution in [1.29, 1.82) is 0 Å². The van der Waals surface area contributed by atoms with Gasteiger partial charge in [0.1, 0.15) is 0 Å². The van der Waals surface area contributed by atoms with Gasteiger partial charge in [0, 0.05) is 6.42 Å². The molecule has 3 atom stereocenters. The summed E-state index contributed by atoms with van der Waals surface area (Å²) in [5.41, 5.74) is 0. The molecule has 0 fully saturated rings. The van der Waals surface area contributed by atoms with E-state index in [9.17, 15) is 5.11 Å². The summed E-state index contributed by atoms with van der Waals surface area (Å²) in [5, 5.41) is 27.4. The average molecular weight is 162 g/mol.